The second-order valence-electron chi connectivity index (χ2n) is 5.60. The van der Waals surface area contributed by atoms with Crippen LogP contribution in [0.5, 0.6) is 5.75 Å². The highest BCUT2D eigenvalue weighted by atomic mass is 79.9. The lowest BCUT2D eigenvalue weighted by atomic mass is 10.1. The molecule has 0 atom stereocenters. The summed E-state index contributed by atoms with van der Waals surface area (Å²) in [6.45, 7) is 0. The normalized spacial score (nSPS) is 14.3. The summed E-state index contributed by atoms with van der Waals surface area (Å²) in [5.74, 6) is -1.73. The summed E-state index contributed by atoms with van der Waals surface area (Å²) in [4.78, 5) is 34.7. The van der Waals surface area contributed by atoms with Crippen molar-refractivity contribution in [3.05, 3.63) is 61.5 Å². The zero-order valence-electron chi connectivity index (χ0n) is 14.0. The number of nitrogens with one attached hydrogen (secondary N) is 2. The minimum Gasteiger partial charge on any atom is -0.377 e. The van der Waals surface area contributed by atoms with Gasteiger partial charge < -0.3 is 4.18 Å². The van der Waals surface area contributed by atoms with E-state index in [0.717, 1.165) is 0 Å². The first-order valence-corrected chi connectivity index (χ1v) is 11.0. The Bertz CT molecular complexity index is 1130. The molecule has 0 unspecified atom stereocenters. The van der Waals surface area contributed by atoms with Gasteiger partial charge >= 0.3 is 16.1 Å². The summed E-state index contributed by atoms with van der Waals surface area (Å²) >= 11 is 12.2. The molecule has 12 heteroatoms. The maximum absolute atomic E-state index is 12.5. The molecule has 1 fully saturated rings. The molecule has 4 amide bonds. The SMILES string of the molecule is O=C1NC(=O)C(=Cc2cc(Br)c(OS(=O)(=O)c3ccc(Cl)cc3)c(Br)c2)C(=O)N1. The fraction of sp³-hybridized carbons (Fsp3) is 0. The van der Waals surface area contributed by atoms with Crippen molar-refractivity contribution in [3.8, 4) is 5.75 Å². The van der Waals surface area contributed by atoms with Crippen LogP contribution in [-0.2, 0) is 19.7 Å². The number of carbonyl (C=O) groups excluding carboxylic acids is 3. The first-order valence-electron chi connectivity index (χ1n) is 7.64. The third kappa shape index (κ3) is 4.86. The molecule has 0 bridgehead atoms. The fourth-order valence-corrected chi connectivity index (χ4v) is 4.96. The Kier molecular flexibility index (Phi) is 6.13. The van der Waals surface area contributed by atoms with Crippen LogP contribution in [-0.4, -0.2) is 26.3 Å². The molecule has 1 saturated heterocycles. The third-order valence-corrected chi connectivity index (χ3v) is 6.24. The highest BCUT2D eigenvalue weighted by Gasteiger charge is 2.28. The molecule has 3 rings (SSSR count). The van der Waals surface area contributed by atoms with Gasteiger partial charge in [0.1, 0.15) is 10.5 Å². The molecular weight excluding hydrogens is 556 g/mol. The smallest absolute Gasteiger partial charge is 0.339 e. The molecule has 2 aromatic carbocycles. The Morgan fingerprint density at radius 2 is 1.45 bits per heavy atom. The van der Waals surface area contributed by atoms with Crippen molar-refractivity contribution in [1.82, 2.24) is 10.6 Å². The molecule has 150 valence electrons. The molecule has 0 aliphatic carbocycles. The highest BCUT2D eigenvalue weighted by Crippen LogP contribution is 2.37. The van der Waals surface area contributed by atoms with E-state index in [1.807, 2.05) is 10.6 Å². The van der Waals surface area contributed by atoms with Gasteiger partial charge in [-0.3, -0.25) is 20.2 Å². The van der Waals surface area contributed by atoms with Gasteiger partial charge in [-0.25, -0.2) is 4.79 Å². The Balaban J connectivity index is 1.93. The lowest BCUT2D eigenvalue weighted by molar-refractivity contribution is -0.123. The number of benzene rings is 2. The highest BCUT2D eigenvalue weighted by molar-refractivity contribution is 9.11. The van der Waals surface area contributed by atoms with E-state index >= 15 is 0 Å². The van der Waals surface area contributed by atoms with Crippen molar-refractivity contribution < 1.29 is 27.0 Å². The number of hydrogen-bond acceptors (Lipinski definition) is 6. The molecule has 1 heterocycles. The van der Waals surface area contributed by atoms with Crippen LogP contribution >= 0.6 is 43.5 Å². The van der Waals surface area contributed by atoms with E-state index in [1.54, 1.807) is 0 Å². The van der Waals surface area contributed by atoms with Gasteiger partial charge in [-0.2, -0.15) is 8.42 Å². The maximum Gasteiger partial charge on any atom is 0.339 e. The van der Waals surface area contributed by atoms with Crippen molar-refractivity contribution in [3.63, 3.8) is 0 Å². The number of rotatable bonds is 4. The molecule has 0 radical (unpaired) electrons. The van der Waals surface area contributed by atoms with E-state index in [4.69, 9.17) is 15.8 Å². The van der Waals surface area contributed by atoms with Gasteiger partial charge in [0.2, 0.25) is 0 Å². The topological polar surface area (TPSA) is 119 Å². The molecule has 0 aromatic heterocycles. The van der Waals surface area contributed by atoms with Crippen molar-refractivity contribution in [1.29, 1.82) is 0 Å². The monoisotopic (exact) mass is 562 g/mol. The standard InChI is InChI=1S/C17H9Br2ClN2O6S/c18-12-6-8(5-11-15(23)21-17(25)22-16(11)24)7-13(19)14(12)28-29(26,27)10-3-1-9(20)2-4-10/h1-7H,(H2,21,22,23,24,25). The molecule has 2 aromatic rings. The lowest BCUT2D eigenvalue weighted by Crippen LogP contribution is -2.51. The van der Waals surface area contributed by atoms with Crippen LogP contribution in [0.1, 0.15) is 5.56 Å². The van der Waals surface area contributed by atoms with Crippen molar-refractivity contribution in [2.75, 3.05) is 0 Å². The second-order valence-corrected chi connectivity index (χ2v) is 9.29. The number of halogens is 3. The summed E-state index contributed by atoms with van der Waals surface area (Å²) in [6, 6.07) is 7.43. The summed E-state index contributed by atoms with van der Waals surface area (Å²) in [5, 5.41) is 4.29. The van der Waals surface area contributed by atoms with Crippen molar-refractivity contribution >= 4 is 77.5 Å². The van der Waals surface area contributed by atoms with Crippen LogP contribution in [0.25, 0.3) is 6.08 Å². The second kappa shape index (κ2) is 8.27. The van der Waals surface area contributed by atoms with E-state index in [-0.39, 0.29) is 25.2 Å². The van der Waals surface area contributed by atoms with Crippen LogP contribution in [0.2, 0.25) is 5.02 Å². The number of imide groups is 2. The summed E-state index contributed by atoms with van der Waals surface area (Å²) in [7, 11) is -4.14. The van der Waals surface area contributed by atoms with Crippen LogP contribution in [0.15, 0.2) is 55.8 Å². The van der Waals surface area contributed by atoms with E-state index < -0.39 is 28.0 Å². The van der Waals surface area contributed by atoms with Gasteiger partial charge in [0.05, 0.1) is 8.95 Å². The molecule has 0 saturated carbocycles. The average Bonchev–Trinajstić information content (AvgIpc) is 2.61. The predicted octanol–water partition coefficient (Wildman–Crippen LogP) is 3.38. The van der Waals surface area contributed by atoms with Gasteiger partial charge in [-0.1, -0.05) is 11.6 Å². The number of urea groups is 1. The molecule has 1 aliphatic rings. The fourth-order valence-electron chi connectivity index (χ4n) is 2.27. The minimum atomic E-state index is -4.14. The van der Waals surface area contributed by atoms with Crippen LogP contribution in [0.4, 0.5) is 4.79 Å². The number of hydrogen-bond donors (Lipinski definition) is 2. The summed E-state index contributed by atoms with van der Waals surface area (Å²) in [6.07, 6.45) is 1.24. The first kappa shape index (κ1) is 21.5. The maximum atomic E-state index is 12.5. The molecule has 8 nitrogen and oxygen atoms in total. The van der Waals surface area contributed by atoms with E-state index in [1.165, 1.54) is 42.5 Å². The zero-order valence-corrected chi connectivity index (χ0v) is 18.8. The van der Waals surface area contributed by atoms with Gasteiger partial charge in [0, 0.05) is 5.02 Å². The van der Waals surface area contributed by atoms with E-state index in [0.29, 0.717) is 10.6 Å². The minimum absolute atomic E-state index is 0.0326. The quantitative estimate of drug-likeness (QED) is 0.334. The Labute approximate surface area is 186 Å². The van der Waals surface area contributed by atoms with E-state index in [2.05, 4.69) is 31.9 Å². The number of carbonyl (C=O) groups is 3. The molecule has 0 spiro atoms. The van der Waals surface area contributed by atoms with Gasteiger partial charge in [-0.15, -0.1) is 0 Å². The van der Waals surface area contributed by atoms with Crippen molar-refractivity contribution in [2.45, 2.75) is 4.90 Å². The Morgan fingerprint density at radius 3 is 1.97 bits per heavy atom. The zero-order chi connectivity index (χ0) is 21.3. The molecule has 1 aliphatic heterocycles. The molecule has 29 heavy (non-hydrogen) atoms. The van der Waals surface area contributed by atoms with Gasteiger partial charge in [0.25, 0.3) is 11.8 Å². The summed E-state index contributed by atoms with van der Waals surface area (Å²) < 4.78 is 30.6. The predicted molar refractivity (Wildman–Crippen MR) is 111 cm³/mol. The largest absolute Gasteiger partial charge is 0.377 e. The van der Waals surface area contributed by atoms with Crippen molar-refractivity contribution in [2.24, 2.45) is 0 Å². The Morgan fingerprint density at radius 1 is 0.931 bits per heavy atom. The van der Waals surface area contributed by atoms with E-state index in [9.17, 15) is 22.8 Å². The third-order valence-electron chi connectivity index (χ3n) is 3.57. The van der Waals surface area contributed by atoms with Gasteiger partial charge in [-0.05, 0) is 79.9 Å². The number of amides is 4. The number of barbiturate groups is 1. The van der Waals surface area contributed by atoms with Crippen LogP contribution in [0.3, 0.4) is 0 Å². The van der Waals surface area contributed by atoms with Crippen LogP contribution in [0, 0.1) is 0 Å². The molecule has 2 N–H and O–H groups in total. The molecular formula is C17H9Br2ClN2O6S. The Hall–Kier alpha value is -2.21. The summed E-state index contributed by atoms with van der Waals surface area (Å²) in [5.41, 5.74) is 0.0838. The van der Waals surface area contributed by atoms with Gasteiger partial charge in [0.15, 0.2) is 5.75 Å². The van der Waals surface area contributed by atoms with Crippen LogP contribution < -0.4 is 14.8 Å². The first-order chi connectivity index (χ1) is 13.6. The average molecular weight is 565 g/mol. The lowest BCUT2D eigenvalue weighted by Gasteiger charge is -2.15.